The number of hydrogen-bond donors (Lipinski definition) is 1. The Morgan fingerprint density at radius 2 is 1.80 bits per heavy atom. The molecule has 5 nitrogen and oxygen atoms in total. The summed E-state index contributed by atoms with van der Waals surface area (Å²) in [5.74, 6) is 0.794. The molecule has 0 aliphatic heterocycles. The molecule has 0 spiro atoms. The van der Waals surface area contributed by atoms with Gasteiger partial charge in [0.05, 0.1) is 17.6 Å². The number of nitrogens with zero attached hydrogens (tertiary/aromatic N) is 2. The largest absolute Gasteiger partial charge is 0.462 e. The number of rotatable bonds is 7. The summed E-state index contributed by atoms with van der Waals surface area (Å²) in [5.41, 5.74) is 5.03. The smallest absolute Gasteiger partial charge is 0.341 e. The van der Waals surface area contributed by atoms with Crippen molar-refractivity contribution in [2.75, 3.05) is 11.9 Å². The molecule has 0 aliphatic rings. The molecule has 5 rings (SSSR count). The molecule has 7 heteroatoms. The molecule has 5 aromatic rings. The Bertz CT molecular complexity index is 1470. The van der Waals surface area contributed by atoms with Crippen molar-refractivity contribution >= 4 is 49.7 Å². The SMILES string of the molecule is CCOC(=O)c1cc(-c2ccccc2)sc1Nc1ncnc2scc(-c3ccc(C(C)C)cc3)c12. The number of benzene rings is 2. The molecule has 2 aromatic carbocycles. The molecule has 0 aliphatic carbocycles. The first kappa shape index (κ1) is 23.2. The molecule has 176 valence electrons. The second-order valence-corrected chi connectivity index (χ2v) is 10.3. The van der Waals surface area contributed by atoms with Gasteiger partial charge in [-0.3, -0.25) is 0 Å². The third kappa shape index (κ3) is 4.70. The number of thiophene rings is 2. The molecule has 0 amide bonds. The molecule has 0 saturated carbocycles. The topological polar surface area (TPSA) is 64.1 Å². The van der Waals surface area contributed by atoms with Crippen molar-refractivity contribution in [3.63, 3.8) is 0 Å². The molecular formula is C28H25N3O2S2. The zero-order valence-corrected chi connectivity index (χ0v) is 21.4. The molecule has 0 bridgehead atoms. The molecular weight excluding hydrogens is 474 g/mol. The van der Waals surface area contributed by atoms with Gasteiger partial charge in [-0.05, 0) is 35.6 Å². The predicted molar refractivity (Wildman–Crippen MR) is 146 cm³/mol. The van der Waals surface area contributed by atoms with Crippen molar-refractivity contribution < 1.29 is 9.53 Å². The number of nitrogens with one attached hydrogen (secondary N) is 1. The Labute approximate surface area is 212 Å². The first-order chi connectivity index (χ1) is 17.0. The fraction of sp³-hybridized carbons (Fsp3) is 0.179. The molecule has 0 radical (unpaired) electrons. The summed E-state index contributed by atoms with van der Waals surface area (Å²) in [7, 11) is 0. The number of aromatic nitrogens is 2. The highest BCUT2D eigenvalue weighted by Crippen LogP contribution is 2.41. The van der Waals surface area contributed by atoms with Gasteiger partial charge in [-0.1, -0.05) is 68.4 Å². The van der Waals surface area contributed by atoms with Crippen LogP contribution >= 0.6 is 22.7 Å². The maximum Gasteiger partial charge on any atom is 0.341 e. The minimum Gasteiger partial charge on any atom is -0.462 e. The predicted octanol–water partition coefficient (Wildman–Crippen LogP) is 8.13. The lowest BCUT2D eigenvalue weighted by Gasteiger charge is -2.10. The van der Waals surface area contributed by atoms with Crippen LogP contribution in [0.5, 0.6) is 0 Å². The number of anilines is 2. The first-order valence-corrected chi connectivity index (χ1v) is 13.2. The van der Waals surface area contributed by atoms with Crippen molar-refractivity contribution in [3.05, 3.63) is 83.5 Å². The second kappa shape index (κ2) is 9.98. The van der Waals surface area contributed by atoms with Gasteiger partial charge >= 0.3 is 5.97 Å². The van der Waals surface area contributed by atoms with Crippen molar-refractivity contribution in [3.8, 4) is 21.6 Å². The zero-order valence-electron chi connectivity index (χ0n) is 19.7. The van der Waals surface area contributed by atoms with Crippen molar-refractivity contribution in [1.29, 1.82) is 0 Å². The zero-order chi connectivity index (χ0) is 24.4. The van der Waals surface area contributed by atoms with E-state index in [0.29, 0.717) is 28.9 Å². The number of carbonyl (C=O) groups excluding carboxylic acids is 1. The van der Waals surface area contributed by atoms with E-state index in [-0.39, 0.29) is 5.97 Å². The molecule has 0 fully saturated rings. The maximum absolute atomic E-state index is 12.8. The molecule has 1 N–H and O–H groups in total. The Kier molecular flexibility index (Phi) is 6.61. The van der Waals surface area contributed by atoms with Crippen LogP contribution in [0.15, 0.2) is 72.4 Å². The minimum atomic E-state index is -0.353. The molecule has 0 atom stereocenters. The normalized spacial score (nSPS) is 11.2. The van der Waals surface area contributed by atoms with E-state index in [2.05, 4.69) is 58.8 Å². The number of hydrogen-bond acceptors (Lipinski definition) is 7. The fourth-order valence-electron chi connectivity index (χ4n) is 3.93. The molecule has 3 aromatic heterocycles. The summed E-state index contributed by atoms with van der Waals surface area (Å²) in [6, 6.07) is 20.5. The van der Waals surface area contributed by atoms with Crippen LogP contribution in [0, 0.1) is 0 Å². The number of carbonyl (C=O) groups is 1. The van der Waals surface area contributed by atoms with Gasteiger partial charge in [-0.15, -0.1) is 22.7 Å². The fourth-order valence-corrected chi connectivity index (χ4v) is 5.89. The Morgan fingerprint density at radius 3 is 2.51 bits per heavy atom. The summed E-state index contributed by atoms with van der Waals surface area (Å²) in [6.45, 7) is 6.51. The van der Waals surface area contributed by atoms with Crippen molar-refractivity contribution in [2.45, 2.75) is 26.7 Å². The van der Waals surface area contributed by atoms with Gasteiger partial charge in [-0.2, -0.15) is 0 Å². The first-order valence-electron chi connectivity index (χ1n) is 11.5. The van der Waals surface area contributed by atoms with Crippen molar-refractivity contribution in [2.24, 2.45) is 0 Å². The van der Waals surface area contributed by atoms with Gasteiger partial charge in [0.15, 0.2) is 0 Å². The van der Waals surface area contributed by atoms with Gasteiger partial charge in [0.1, 0.15) is 22.0 Å². The van der Waals surface area contributed by atoms with E-state index in [1.54, 1.807) is 17.7 Å². The standard InChI is InChI=1S/C28H25N3O2S2/c1-4-33-28(32)21-14-23(20-8-6-5-7-9-20)35-26(21)31-25-24-22(15-34-27(24)30-16-29-25)19-12-10-18(11-13-19)17(2)3/h5-17H,4H2,1-3H3,(H,29,30,31). The van der Waals surface area contributed by atoms with Crippen LogP contribution in [0.4, 0.5) is 10.8 Å². The van der Waals surface area contributed by atoms with E-state index in [1.165, 1.54) is 16.9 Å². The highest BCUT2D eigenvalue weighted by molar-refractivity contribution is 7.20. The van der Waals surface area contributed by atoms with Gasteiger partial charge < -0.3 is 10.1 Å². The average molecular weight is 500 g/mol. The van der Waals surface area contributed by atoms with Crippen LogP contribution < -0.4 is 5.32 Å². The van der Waals surface area contributed by atoms with Gasteiger partial charge in [-0.25, -0.2) is 14.8 Å². The Balaban J connectivity index is 1.58. The summed E-state index contributed by atoms with van der Waals surface area (Å²) in [5, 5.41) is 7.21. The summed E-state index contributed by atoms with van der Waals surface area (Å²) in [4.78, 5) is 23.7. The minimum absolute atomic E-state index is 0.313. The third-order valence-corrected chi connectivity index (χ3v) is 7.76. The third-order valence-electron chi connectivity index (χ3n) is 5.78. The van der Waals surface area contributed by atoms with E-state index in [4.69, 9.17) is 4.74 Å². The van der Waals surface area contributed by atoms with Crippen LogP contribution in [0.1, 0.15) is 42.6 Å². The van der Waals surface area contributed by atoms with Crippen LogP contribution in [0.2, 0.25) is 0 Å². The number of fused-ring (bicyclic) bond motifs is 1. The average Bonchev–Trinajstić information content (AvgIpc) is 3.50. The van der Waals surface area contributed by atoms with E-state index in [1.807, 2.05) is 43.3 Å². The van der Waals surface area contributed by atoms with E-state index in [0.717, 1.165) is 31.8 Å². The molecule has 0 saturated heterocycles. The Morgan fingerprint density at radius 1 is 1.03 bits per heavy atom. The van der Waals surface area contributed by atoms with Crippen molar-refractivity contribution in [1.82, 2.24) is 9.97 Å². The van der Waals surface area contributed by atoms with Crippen LogP contribution in [0.3, 0.4) is 0 Å². The van der Waals surface area contributed by atoms with Gasteiger partial charge in [0.25, 0.3) is 0 Å². The summed E-state index contributed by atoms with van der Waals surface area (Å²) < 4.78 is 5.35. The second-order valence-electron chi connectivity index (χ2n) is 8.39. The Hall–Kier alpha value is -3.55. The quantitative estimate of drug-likeness (QED) is 0.229. The van der Waals surface area contributed by atoms with E-state index in [9.17, 15) is 4.79 Å². The highest BCUT2D eigenvalue weighted by Gasteiger charge is 2.21. The maximum atomic E-state index is 12.8. The summed E-state index contributed by atoms with van der Waals surface area (Å²) in [6.07, 6.45) is 1.56. The molecule has 0 unspecified atom stereocenters. The van der Waals surface area contributed by atoms with Gasteiger partial charge in [0, 0.05) is 15.8 Å². The highest BCUT2D eigenvalue weighted by atomic mass is 32.1. The van der Waals surface area contributed by atoms with Crippen LogP contribution in [-0.4, -0.2) is 22.5 Å². The van der Waals surface area contributed by atoms with E-state index < -0.39 is 0 Å². The lowest BCUT2D eigenvalue weighted by atomic mass is 9.99. The monoisotopic (exact) mass is 499 g/mol. The lowest BCUT2D eigenvalue weighted by Crippen LogP contribution is -2.06. The van der Waals surface area contributed by atoms with Gasteiger partial charge in [0.2, 0.25) is 0 Å². The number of ether oxygens (including phenoxy) is 1. The van der Waals surface area contributed by atoms with E-state index >= 15 is 0 Å². The number of esters is 1. The molecule has 35 heavy (non-hydrogen) atoms. The lowest BCUT2D eigenvalue weighted by molar-refractivity contribution is 0.0528. The van der Waals surface area contributed by atoms with Crippen LogP contribution in [-0.2, 0) is 4.74 Å². The summed E-state index contributed by atoms with van der Waals surface area (Å²) >= 11 is 3.10. The van der Waals surface area contributed by atoms with Crippen LogP contribution in [0.25, 0.3) is 31.8 Å². The molecule has 3 heterocycles.